The first kappa shape index (κ1) is 14.8. The summed E-state index contributed by atoms with van der Waals surface area (Å²) in [6.07, 6.45) is 0. The molecule has 0 fully saturated rings. The zero-order chi connectivity index (χ0) is 16.6. The van der Waals surface area contributed by atoms with Crippen LogP contribution in [0.25, 0.3) is 11.1 Å². The molecule has 0 saturated carbocycles. The van der Waals surface area contributed by atoms with Crippen LogP contribution in [0, 0.1) is 0 Å². The average Bonchev–Trinajstić information content (AvgIpc) is 2.78. The lowest BCUT2D eigenvalue weighted by molar-refractivity contribution is -0.115. The first-order valence-electron chi connectivity index (χ1n) is 7.06. The molecule has 0 unspecified atom stereocenters. The van der Waals surface area contributed by atoms with Crippen LogP contribution in [0.1, 0.15) is 25.0 Å². The summed E-state index contributed by atoms with van der Waals surface area (Å²) in [6, 6.07) is 10.9. The van der Waals surface area contributed by atoms with Gasteiger partial charge in [0.15, 0.2) is 0 Å². The number of hydrogen-bond donors (Lipinski definition) is 3. The molecule has 6 heteroatoms. The fourth-order valence-electron chi connectivity index (χ4n) is 2.76. The Morgan fingerprint density at radius 2 is 1.26 bits per heavy atom. The Labute approximate surface area is 132 Å². The highest BCUT2D eigenvalue weighted by atomic mass is 16.4. The largest absolute Gasteiger partial charge is 0.410 e. The molecular formula is C17H15N3O3. The summed E-state index contributed by atoms with van der Waals surface area (Å²) in [5, 5.41) is 18.2. The lowest BCUT2D eigenvalue weighted by Gasteiger charge is -2.05. The van der Waals surface area contributed by atoms with Gasteiger partial charge in [-0.1, -0.05) is 17.3 Å². The molecule has 2 aromatic carbocycles. The van der Waals surface area contributed by atoms with Crippen molar-refractivity contribution in [3.63, 3.8) is 0 Å². The molecule has 0 radical (unpaired) electrons. The standard InChI is InChI=1S/C17H15N3O3/c1-9(21)18-11-3-5-13-14-6-4-12(19-10(2)22)8-16(14)17(20-23)15(13)7-11/h3-8,23H,1-2H3,(H,18,21)(H,19,22). The molecule has 0 saturated heterocycles. The number of anilines is 2. The van der Waals surface area contributed by atoms with Crippen LogP contribution in [-0.2, 0) is 9.59 Å². The summed E-state index contributed by atoms with van der Waals surface area (Å²) in [7, 11) is 0. The molecule has 0 aliphatic heterocycles. The van der Waals surface area contributed by atoms with Crippen molar-refractivity contribution >= 4 is 28.9 Å². The summed E-state index contributed by atoms with van der Waals surface area (Å²) < 4.78 is 0. The topological polar surface area (TPSA) is 90.8 Å². The van der Waals surface area contributed by atoms with E-state index in [1.165, 1.54) is 13.8 Å². The van der Waals surface area contributed by atoms with Crippen molar-refractivity contribution < 1.29 is 14.8 Å². The van der Waals surface area contributed by atoms with Crippen LogP contribution in [0.3, 0.4) is 0 Å². The second-order valence-electron chi connectivity index (χ2n) is 5.33. The van der Waals surface area contributed by atoms with Crippen LogP contribution in [0.5, 0.6) is 0 Å². The van der Waals surface area contributed by atoms with E-state index < -0.39 is 0 Å². The lowest BCUT2D eigenvalue weighted by atomic mass is 10.0. The highest BCUT2D eigenvalue weighted by molar-refractivity contribution is 6.25. The maximum atomic E-state index is 11.2. The van der Waals surface area contributed by atoms with Crippen molar-refractivity contribution in [2.45, 2.75) is 13.8 Å². The molecule has 0 atom stereocenters. The van der Waals surface area contributed by atoms with Crippen LogP contribution in [0.2, 0.25) is 0 Å². The summed E-state index contributed by atoms with van der Waals surface area (Å²) in [5.74, 6) is -0.341. The summed E-state index contributed by atoms with van der Waals surface area (Å²) in [6.45, 7) is 2.87. The number of carbonyl (C=O) groups excluding carboxylic acids is 2. The second-order valence-corrected chi connectivity index (χ2v) is 5.33. The van der Waals surface area contributed by atoms with Gasteiger partial charge in [-0.25, -0.2) is 0 Å². The highest BCUT2D eigenvalue weighted by Crippen LogP contribution is 2.39. The first-order chi connectivity index (χ1) is 11.0. The smallest absolute Gasteiger partial charge is 0.221 e. The molecule has 0 bridgehead atoms. The van der Waals surface area contributed by atoms with E-state index >= 15 is 0 Å². The fraction of sp³-hybridized carbons (Fsp3) is 0.118. The number of amides is 2. The van der Waals surface area contributed by atoms with E-state index in [1.807, 2.05) is 12.1 Å². The molecular weight excluding hydrogens is 294 g/mol. The molecule has 0 heterocycles. The minimum Gasteiger partial charge on any atom is -0.410 e. The Bertz CT molecular complexity index is 789. The van der Waals surface area contributed by atoms with Gasteiger partial charge in [0.2, 0.25) is 11.8 Å². The number of fused-ring (bicyclic) bond motifs is 3. The fourth-order valence-corrected chi connectivity index (χ4v) is 2.76. The van der Waals surface area contributed by atoms with E-state index in [0.29, 0.717) is 17.1 Å². The Morgan fingerprint density at radius 1 is 0.826 bits per heavy atom. The van der Waals surface area contributed by atoms with Crippen molar-refractivity contribution in [3.05, 3.63) is 47.5 Å². The molecule has 6 nitrogen and oxygen atoms in total. The number of carbonyl (C=O) groups is 2. The molecule has 23 heavy (non-hydrogen) atoms. The van der Waals surface area contributed by atoms with Crippen LogP contribution in [0.4, 0.5) is 11.4 Å². The van der Waals surface area contributed by atoms with Gasteiger partial charge in [-0.2, -0.15) is 0 Å². The SMILES string of the molecule is CC(=O)Nc1ccc2c(c1)C(=NO)c1cc(NC(C)=O)ccc1-2. The van der Waals surface area contributed by atoms with E-state index in [1.54, 1.807) is 24.3 Å². The van der Waals surface area contributed by atoms with E-state index in [-0.39, 0.29) is 11.8 Å². The quantitative estimate of drug-likeness (QED) is 0.502. The highest BCUT2D eigenvalue weighted by Gasteiger charge is 2.26. The van der Waals surface area contributed by atoms with Gasteiger partial charge in [0.25, 0.3) is 0 Å². The van der Waals surface area contributed by atoms with Crippen LogP contribution < -0.4 is 10.6 Å². The third-order valence-corrected chi connectivity index (χ3v) is 3.58. The van der Waals surface area contributed by atoms with E-state index in [4.69, 9.17) is 0 Å². The van der Waals surface area contributed by atoms with Gasteiger partial charge in [0.1, 0.15) is 5.71 Å². The minimum absolute atomic E-state index is 0.170. The molecule has 3 rings (SSSR count). The summed E-state index contributed by atoms with van der Waals surface area (Å²) in [5.41, 5.74) is 4.96. The van der Waals surface area contributed by atoms with Crippen molar-refractivity contribution in [2.24, 2.45) is 5.16 Å². The maximum Gasteiger partial charge on any atom is 0.221 e. The second kappa shape index (κ2) is 5.57. The molecule has 1 aliphatic carbocycles. The van der Waals surface area contributed by atoms with Crippen molar-refractivity contribution in [1.82, 2.24) is 0 Å². The molecule has 1 aliphatic rings. The first-order valence-corrected chi connectivity index (χ1v) is 7.06. The minimum atomic E-state index is -0.170. The zero-order valence-electron chi connectivity index (χ0n) is 12.7. The monoisotopic (exact) mass is 309 g/mol. The van der Waals surface area contributed by atoms with Gasteiger partial charge in [0, 0.05) is 36.3 Å². The predicted octanol–water partition coefficient (Wildman–Crippen LogP) is 2.81. The Hall–Kier alpha value is -3.15. The Morgan fingerprint density at radius 3 is 1.61 bits per heavy atom. The van der Waals surface area contributed by atoms with Crippen LogP contribution >= 0.6 is 0 Å². The van der Waals surface area contributed by atoms with Gasteiger partial charge in [-0.3, -0.25) is 9.59 Å². The molecule has 3 N–H and O–H groups in total. The maximum absolute atomic E-state index is 11.2. The molecule has 2 aromatic rings. The number of hydrogen-bond acceptors (Lipinski definition) is 4. The number of nitrogens with one attached hydrogen (secondary N) is 2. The molecule has 116 valence electrons. The zero-order valence-corrected chi connectivity index (χ0v) is 12.7. The number of rotatable bonds is 2. The summed E-state index contributed by atoms with van der Waals surface area (Å²) >= 11 is 0. The average molecular weight is 309 g/mol. The van der Waals surface area contributed by atoms with Crippen LogP contribution in [-0.4, -0.2) is 22.7 Å². The van der Waals surface area contributed by atoms with Crippen molar-refractivity contribution in [3.8, 4) is 11.1 Å². The number of benzene rings is 2. The predicted molar refractivity (Wildman–Crippen MR) is 87.9 cm³/mol. The van der Waals surface area contributed by atoms with Crippen molar-refractivity contribution in [2.75, 3.05) is 10.6 Å². The molecule has 2 amide bonds. The summed E-state index contributed by atoms with van der Waals surface area (Å²) in [4.78, 5) is 22.4. The molecule has 0 aromatic heterocycles. The Kier molecular flexibility index (Phi) is 3.57. The third kappa shape index (κ3) is 2.66. The normalized spacial score (nSPS) is 11.5. The number of nitrogens with zero attached hydrogens (tertiary/aromatic N) is 1. The van der Waals surface area contributed by atoms with Gasteiger partial charge >= 0.3 is 0 Å². The van der Waals surface area contributed by atoms with Gasteiger partial charge in [0.05, 0.1) is 0 Å². The van der Waals surface area contributed by atoms with Gasteiger partial charge in [-0.05, 0) is 35.4 Å². The lowest BCUT2D eigenvalue weighted by Crippen LogP contribution is -2.07. The Balaban J connectivity index is 2.09. The van der Waals surface area contributed by atoms with Gasteiger partial charge < -0.3 is 15.8 Å². The molecule has 0 spiro atoms. The van der Waals surface area contributed by atoms with Crippen molar-refractivity contribution in [1.29, 1.82) is 0 Å². The van der Waals surface area contributed by atoms with E-state index in [9.17, 15) is 14.8 Å². The van der Waals surface area contributed by atoms with Gasteiger partial charge in [-0.15, -0.1) is 0 Å². The van der Waals surface area contributed by atoms with E-state index in [2.05, 4.69) is 15.8 Å². The van der Waals surface area contributed by atoms with Crippen LogP contribution in [0.15, 0.2) is 41.6 Å². The third-order valence-electron chi connectivity index (χ3n) is 3.58. The van der Waals surface area contributed by atoms with E-state index in [0.717, 1.165) is 22.3 Å². The number of oxime groups is 1.